The highest BCUT2D eigenvalue weighted by molar-refractivity contribution is 9.10. The number of hydrogen-bond acceptors (Lipinski definition) is 2. The topological polar surface area (TPSA) is 39.3 Å². The van der Waals surface area contributed by atoms with Crippen LogP contribution < -0.4 is 5.56 Å². The molecule has 4 rings (SSSR count). The van der Waals surface area contributed by atoms with Crippen LogP contribution in [0.5, 0.6) is 0 Å². The average Bonchev–Trinajstić information content (AvgIpc) is 2.99. The number of nitrogens with zero attached hydrogens (tertiary/aromatic N) is 3. The fraction of sp³-hybridized carbons (Fsp3) is 0. The second kappa shape index (κ2) is 4.97. The third-order valence-corrected chi connectivity index (χ3v) is 4.47. The number of rotatable bonds is 1. The molecule has 6 heteroatoms. The van der Waals surface area contributed by atoms with Crippen molar-refractivity contribution in [2.45, 2.75) is 0 Å². The zero-order chi connectivity index (χ0) is 15.3. The smallest absolute Gasteiger partial charge is 0.294 e. The zero-order valence-corrected chi connectivity index (χ0v) is 13.5. The molecule has 0 aliphatic rings. The molecular weight excluding hydrogens is 366 g/mol. The number of hydrogen-bond donors (Lipinski definition) is 0. The maximum absolute atomic E-state index is 12.9. The van der Waals surface area contributed by atoms with Gasteiger partial charge in [-0.2, -0.15) is 0 Å². The molecule has 0 atom stereocenters. The van der Waals surface area contributed by atoms with E-state index in [4.69, 9.17) is 11.6 Å². The molecule has 2 heterocycles. The van der Waals surface area contributed by atoms with E-state index in [1.54, 1.807) is 33.5 Å². The third kappa shape index (κ3) is 1.90. The Bertz CT molecular complexity index is 1080. The zero-order valence-electron chi connectivity index (χ0n) is 11.2. The molecule has 108 valence electrons. The Morgan fingerprint density at radius 2 is 1.91 bits per heavy atom. The monoisotopic (exact) mass is 373 g/mol. The van der Waals surface area contributed by atoms with E-state index >= 15 is 0 Å². The van der Waals surface area contributed by atoms with Crippen molar-refractivity contribution in [3.05, 3.63) is 74.7 Å². The van der Waals surface area contributed by atoms with E-state index in [9.17, 15) is 4.79 Å². The SMILES string of the molecule is O=c1c2nccn2c2ccc(Cl)cc2n1-c1ccccc1Br. The molecule has 0 fully saturated rings. The van der Waals surface area contributed by atoms with Gasteiger partial charge in [0.05, 0.1) is 16.7 Å². The summed E-state index contributed by atoms with van der Waals surface area (Å²) in [6.45, 7) is 0. The highest BCUT2D eigenvalue weighted by Crippen LogP contribution is 2.25. The summed E-state index contributed by atoms with van der Waals surface area (Å²) in [6.07, 6.45) is 3.40. The van der Waals surface area contributed by atoms with Gasteiger partial charge in [0.15, 0.2) is 0 Å². The first kappa shape index (κ1) is 13.5. The highest BCUT2D eigenvalue weighted by atomic mass is 79.9. The van der Waals surface area contributed by atoms with Crippen molar-refractivity contribution in [2.75, 3.05) is 0 Å². The fourth-order valence-corrected chi connectivity index (χ4v) is 3.25. The number of imidazole rings is 1. The third-order valence-electron chi connectivity index (χ3n) is 3.57. The first-order chi connectivity index (χ1) is 10.7. The quantitative estimate of drug-likeness (QED) is 0.504. The van der Waals surface area contributed by atoms with Crippen LogP contribution in [0.25, 0.3) is 22.4 Å². The fourth-order valence-electron chi connectivity index (χ4n) is 2.62. The molecule has 22 heavy (non-hydrogen) atoms. The van der Waals surface area contributed by atoms with E-state index in [-0.39, 0.29) is 5.56 Å². The largest absolute Gasteiger partial charge is 0.299 e. The molecule has 0 saturated heterocycles. The summed E-state index contributed by atoms with van der Waals surface area (Å²) in [5.41, 5.74) is 2.55. The molecule has 0 N–H and O–H groups in total. The Labute approximate surface area is 138 Å². The number of para-hydroxylation sites is 1. The second-order valence-corrected chi connectivity index (χ2v) is 6.14. The van der Waals surface area contributed by atoms with Crippen molar-refractivity contribution < 1.29 is 0 Å². The van der Waals surface area contributed by atoms with E-state index < -0.39 is 0 Å². The lowest BCUT2D eigenvalue weighted by molar-refractivity contribution is 1.01. The molecule has 0 spiro atoms. The number of aromatic nitrogens is 3. The lowest BCUT2D eigenvalue weighted by atomic mass is 10.2. The molecule has 0 unspecified atom stereocenters. The maximum Gasteiger partial charge on any atom is 0.299 e. The standard InChI is InChI=1S/C16H9BrClN3O/c17-11-3-1-2-4-12(11)21-14-9-10(18)5-6-13(14)20-8-7-19-15(20)16(21)22/h1-9H. The Morgan fingerprint density at radius 1 is 1.09 bits per heavy atom. The maximum atomic E-state index is 12.9. The number of fused-ring (bicyclic) bond motifs is 3. The van der Waals surface area contributed by atoms with Gasteiger partial charge in [0.2, 0.25) is 5.65 Å². The van der Waals surface area contributed by atoms with Gasteiger partial charge < -0.3 is 0 Å². The summed E-state index contributed by atoms with van der Waals surface area (Å²) in [5, 5.41) is 0.576. The molecule has 2 aromatic heterocycles. The summed E-state index contributed by atoms with van der Waals surface area (Å²) >= 11 is 9.65. The van der Waals surface area contributed by atoms with E-state index in [2.05, 4.69) is 20.9 Å². The van der Waals surface area contributed by atoms with Crippen LogP contribution in [0.4, 0.5) is 0 Å². The minimum Gasteiger partial charge on any atom is -0.294 e. The van der Waals surface area contributed by atoms with Gasteiger partial charge in [0, 0.05) is 21.9 Å². The van der Waals surface area contributed by atoms with Gasteiger partial charge in [-0.15, -0.1) is 0 Å². The summed E-state index contributed by atoms with van der Waals surface area (Å²) in [6, 6.07) is 13.0. The molecule has 0 aliphatic heterocycles. The molecule has 4 nitrogen and oxygen atoms in total. The predicted octanol–water partition coefficient (Wildman–Crippen LogP) is 4.05. The van der Waals surface area contributed by atoms with Crippen molar-refractivity contribution in [1.82, 2.24) is 14.0 Å². The van der Waals surface area contributed by atoms with Crippen molar-refractivity contribution >= 4 is 44.2 Å². The van der Waals surface area contributed by atoms with Gasteiger partial charge in [-0.25, -0.2) is 4.98 Å². The molecule has 0 amide bonds. The normalized spacial score (nSPS) is 11.4. The molecule has 4 aromatic rings. The van der Waals surface area contributed by atoms with Crippen molar-refractivity contribution in [3.63, 3.8) is 0 Å². The van der Waals surface area contributed by atoms with Gasteiger partial charge in [-0.05, 0) is 46.3 Å². The van der Waals surface area contributed by atoms with Crippen LogP contribution in [0, 0.1) is 0 Å². The summed E-state index contributed by atoms with van der Waals surface area (Å²) in [5.74, 6) is 0. The van der Waals surface area contributed by atoms with Crippen LogP contribution in [0.15, 0.2) is 64.1 Å². The molecule has 0 saturated carbocycles. The lowest BCUT2D eigenvalue weighted by Crippen LogP contribution is -2.22. The Kier molecular flexibility index (Phi) is 3.06. The van der Waals surface area contributed by atoms with Gasteiger partial charge in [0.25, 0.3) is 5.56 Å². The van der Waals surface area contributed by atoms with Gasteiger partial charge in [-0.1, -0.05) is 23.7 Å². The van der Waals surface area contributed by atoms with Gasteiger partial charge >= 0.3 is 0 Å². The van der Waals surface area contributed by atoms with E-state index in [1.165, 1.54) is 0 Å². The molecule has 0 radical (unpaired) electrons. The minimum absolute atomic E-state index is 0.188. The summed E-state index contributed by atoms with van der Waals surface area (Å²) in [7, 11) is 0. The molecule has 2 aromatic carbocycles. The van der Waals surface area contributed by atoms with E-state index in [0.29, 0.717) is 10.7 Å². The Morgan fingerprint density at radius 3 is 2.73 bits per heavy atom. The second-order valence-electron chi connectivity index (χ2n) is 4.85. The van der Waals surface area contributed by atoms with Crippen LogP contribution in [0.3, 0.4) is 0 Å². The van der Waals surface area contributed by atoms with Crippen LogP contribution in [0.2, 0.25) is 5.02 Å². The Hall–Kier alpha value is -2.11. The number of halogens is 2. The van der Waals surface area contributed by atoms with Crippen LogP contribution in [0.1, 0.15) is 0 Å². The summed E-state index contributed by atoms with van der Waals surface area (Å²) in [4.78, 5) is 17.1. The minimum atomic E-state index is -0.188. The molecule has 0 aliphatic carbocycles. The predicted molar refractivity (Wildman–Crippen MR) is 91.0 cm³/mol. The number of benzene rings is 2. The van der Waals surface area contributed by atoms with E-state index in [1.807, 2.05) is 30.3 Å². The molecular formula is C16H9BrClN3O. The first-order valence-electron chi connectivity index (χ1n) is 6.59. The highest BCUT2D eigenvalue weighted by Gasteiger charge is 2.14. The summed E-state index contributed by atoms with van der Waals surface area (Å²) < 4.78 is 4.24. The molecule has 0 bridgehead atoms. The van der Waals surface area contributed by atoms with E-state index in [0.717, 1.165) is 21.2 Å². The van der Waals surface area contributed by atoms with Gasteiger partial charge in [0.1, 0.15) is 0 Å². The van der Waals surface area contributed by atoms with Crippen LogP contribution in [-0.2, 0) is 0 Å². The van der Waals surface area contributed by atoms with Crippen LogP contribution in [-0.4, -0.2) is 14.0 Å². The van der Waals surface area contributed by atoms with Crippen molar-refractivity contribution in [1.29, 1.82) is 0 Å². The van der Waals surface area contributed by atoms with Crippen molar-refractivity contribution in [2.24, 2.45) is 0 Å². The Balaban J connectivity index is 2.29. The van der Waals surface area contributed by atoms with Crippen LogP contribution >= 0.6 is 27.5 Å². The lowest BCUT2D eigenvalue weighted by Gasteiger charge is -2.13. The van der Waals surface area contributed by atoms with Crippen molar-refractivity contribution in [3.8, 4) is 5.69 Å². The van der Waals surface area contributed by atoms with Gasteiger partial charge in [-0.3, -0.25) is 13.8 Å². The average molecular weight is 375 g/mol. The first-order valence-corrected chi connectivity index (χ1v) is 7.76.